The Labute approximate surface area is 65.2 Å². The lowest BCUT2D eigenvalue weighted by atomic mass is 10.2. The summed E-state index contributed by atoms with van der Waals surface area (Å²) in [5.74, 6) is 1.15. The predicted octanol–water partition coefficient (Wildman–Crippen LogP) is 2.42. The van der Waals surface area contributed by atoms with E-state index in [9.17, 15) is 0 Å². The van der Waals surface area contributed by atoms with Crippen LogP contribution in [0.1, 0.15) is 39.5 Å². The fraction of sp³-hybridized carbons (Fsp3) is 1.00. The van der Waals surface area contributed by atoms with Crippen molar-refractivity contribution in [2.75, 3.05) is 13.6 Å². The molecule has 0 unspecified atom stereocenters. The van der Waals surface area contributed by atoms with Crippen LogP contribution in [0.4, 0.5) is 0 Å². The minimum Gasteiger partial charge on any atom is -0.320 e. The third-order valence-electron chi connectivity index (χ3n) is 1.75. The van der Waals surface area contributed by atoms with Gasteiger partial charge < -0.3 is 5.32 Å². The maximum atomic E-state index is 2.93. The van der Waals surface area contributed by atoms with Gasteiger partial charge in [0.05, 0.1) is 0 Å². The van der Waals surface area contributed by atoms with E-state index in [1.807, 2.05) is 7.05 Å². The van der Waals surface area contributed by atoms with E-state index in [-0.39, 0.29) is 0 Å². The van der Waals surface area contributed by atoms with Gasteiger partial charge in [-0.25, -0.2) is 0 Å². The highest BCUT2D eigenvalue weighted by Gasteiger charge is 2.18. The molecule has 0 amide bonds. The molecule has 1 fully saturated rings. The van der Waals surface area contributed by atoms with Crippen LogP contribution in [0.3, 0.4) is 0 Å². The van der Waals surface area contributed by atoms with Gasteiger partial charge >= 0.3 is 0 Å². The first kappa shape index (κ1) is 9.96. The van der Waals surface area contributed by atoms with E-state index in [0.717, 1.165) is 12.5 Å². The van der Waals surface area contributed by atoms with Gasteiger partial charge in [-0.2, -0.15) is 0 Å². The number of hydrogen-bond acceptors (Lipinski definition) is 1. The standard InChI is InChI=1S/C6H12.C3H9N/c1-2-3-6-4-5-6;1-3-4-2/h6H,2-5H2,1H3;4H,3H2,1-2H3. The van der Waals surface area contributed by atoms with Crippen LogP contribution in [0.5, 0.6) is 0 Å². The van der Waals surface area contributed by atoms with Crippen molar-refractivity contribution in [3.8, 4) is 0 Å². The monoisotopic (exact) mass is 143 g/mol. The van der Waals surface area contributed by atoms with E-state index in [1.54, 1.807) is 0 Å². The first-order valence-electron chi connectivity index (χ1n) is 4.49. The fourth-order valence-electron chi connectivity index (χ4n) is 0.815. The molecule has 0 bridgehead atoms. The summed E-state index contributed by atoms with van der Waals surface area (Å²) in [6.45, 7) is 5.40. The van der Waals surface area contributed by atoms with Gasteiger partial charge in [0.2, 0.25) is 0 Å². The lowest BCUT2D eigenvalue weighted by molar-refractivity contribution is 0.708. The summed E-state index contributed by atoms with van der Waals surface area (Å²) in [5, 5.41) is 2.93. The van der Waals surface area contributed by atoms with Crippen molar-refractivity contribution in [3.63, 3.8) is 0 Å². The zero-order chi connectivity index (χ0) is 7.82. The molecule has 0 spiro atoms. The maximum absolute atomic E-state index is 2.93. The molecule has 0 radical (unpaired) electrons. The summed E-state index contributed by atoms with van der Waals surface area (Å²) in [4.78, 5) is 0. The second-order valence-electron chi connectivity index (χ2n) is 2.94. The quantitative estimate of drug-likeness (QED) is 0.640. The van der Waals surface area contributed by atoms with Crippen LogP contribution < -0.4 is 5.32 Å². The molecule has 0 saturated heterocycles. The Hall–Kier alpha value is -0.0400. The molecule has 0 aliphatic heterocycles. The van der Waals surface area contributed by atoms with Crippen molar-refractivity contribution in [1.29, 1.82) is 0 Å². The molecule has 1 N–H and O–H groups in total. The Morgan fingerprint density at radius 1 is 1.30 bits per heavy atom. The SMILES string of the molecule is CCCC1CC1.CCNC. The summed E-state index contributed by atoms with van der Waals surface area (Å²) >= 11 is 0. The maximum Gasteiger partial charge on any atom is -0.00804 e. The largest absolute Gasteiger partial charge is 0.320 e. The summed E-state index contributed by atoms with van der Waals surface area (Å²) < 4.78 is 0. The van der Waals surface area contributed by atoms with Crippen molar-refractivity contribution in [2.45, 2.75) is 39.5 Å². The van der Waals surface area contributed by atoms with E-state index in [1.165, 1.54) is 25.7 Å². The normalized spacial score (nSPS) is 15.9. The Morgan fingerprint density at radius 3 is 1.90 bits per heavy atom. The van der Waals surface area contributed by atoms with Gasteiger partial charge in [0.1, 0.15) is 0 Å². The average molecular weight is 143 g/mol. The second-order valence-corrected chi connectivity index (χ2v) is 2.94. The van der Waals surface area contributed by atoms with Crippen LogP contribution >= 0.6 is 0 Å². The van der Waals surface area contributed by atoms with Gasteiger partial charge in [0, 0.05) is 0 Å². The lowest BCUT2D eigenvalue weighted by Crippen LogP contribution is -2.01. The van der Waals surface area contributed by atoms with E-state index >= 15 is 0 Å². The van der Waals surface area contributed by atoms with Crippen LogP contribution in [0.15, 0.2) is 0 Å². The molecular weight excluding hydrogens is 122 g/mol. The first-order valence-corrected chi connectivity index (χ1v) is 4.49. The zero-order valence-corrected chi connectivity index (χ0v) is 7.61. The third-order valence-corrected chi connectivity index (χ3v) is 1.75. The first-order chi connectivity index (χ1) is 4.85. The van der Waals surface area contributed by atoms with Crippen molar-refractivity contribution in [3.05, 3.63) is 0 Å². The van der Waals surface area contributed by atoms with Crippen LogP contribution in [0, 0.1) is 5.92 Å². The molecule has 1 saturated carbocycles. The molecule has 0 aromatic heterocycles. The van der Waals surface area contributed by atoms with E-state index in [0.29, 0.717) is 0 Å². The van der Waals surface area contributed by atoms with Crippen LogP contribution in [-0.2, 0) is 0 Å². The lowest BCUT2D eigenvalue weighted by Gasteiger charge is -1.82. The number of hydrogen-bond donors (Lipinski definition) is 1. The van der Waals surface area contributed by atoms with Crippen LogP contribution in [0.25, 0.3) is 0 Å². The van der Waals surface area contributed by atoms with E-state index in [4.69, 9.17) is 0 Å². The number of rotatable bonds is 3. The highest BCUT2D eigenvalue weighted by Crippen LogP contribution is 2.32. The summed E-state index contributed by atoms with van der Waals surface area (Å²) in [5.41, 5.74) is 0. The average Bonchev–Trinajstić information content (AvgIpc) is 2.74. The summed E-state index contributed by atoms with van der Waals surface area (Å²) in [6, 6.07) is 0. The van der Waals surface area contributed by atoms with E-state index < -0.39 is 0 Å². The van der Waals surface area contributed by atoms with Crippen molar-refractivity contribution in [1.82, 2.24) is 5.32 Å². The Kier molecular flexibility index (Phi) is 7.04. The highest BCUT2D eigenvalue weighted by molar-refractivity contribution is 4.71. The summed E-state index contributed by atoms with van der Waals surface area (Å²) in [7, 11) is 1.93. The Morgan fingerprint density at radius 2 is 1.80 bits per heavy atom. The van der Waals surface area contributed by atoms with Crippen molar-refractivity contribution in [2.24, 2.45) is 5.92 Å². The van der Waals surface area contributed by atoms with Gasteiger partial charge in [-0.3, -0.25) is 0 Å². The minimum atomic E-state index is 1.07. The molecule has 62 valence electrons. The van der Waals surface area contributed by atoms with E-state index in [2.05, 4.69) is 19.2 Å². The van der Waals surface area contributed by atoms with Crippen molar-refractivity contribution >= 4 is 0 Å². The second kappa shape index (κ2) is 7.07. The van der Waals surface area contributed by atoms with Crippen LogP contribution in [0.2, 0.25) is 0 Å². The van der Waals surface area contributed by atoms with Gasteiger partial charge in [0.15, 0.2) is 0 Å². The van der Waals surface area contributed by atoms with Gasteiger partial charge in [-0.15, -0.1) is 0 Å². The van der Waals surface area contributed by atoms with Gasteiger partial charge in [0.25, 0.3) is 0 Å². The smallest absolute Gasteiger partial charge is 0.00804 e. The molecule has 0 aromatic carbocycles. The molecule has 1 aliphatic carbocycles. The molecule has 1 heteroatoms. The van der Waals surface area contributed by atoms with Crippen molar-refractivity contribution < 1.29 is 0 Å². The topological polar surface area (TPSA) is 12.0 Å². The number of nitrogens with one attached hydrogen (secondary N) is 1. The van der Waals surface area contributed by atoms with Crippen LogP contribution in [-0.4, -0.2) is 13.6 Å². The Balaban J connectivity index is 0.000000180. The molecule has 0 atom stereocenters. The highest BCUT2D eigenvalue weighted by atomic mass is 14.8. The third kappa shape index (κ3) is 7.96. The minimum absolute atomic E-state index is 1.07. The molecule has 1 rings (SSSR count). The molecule has 10 heavy (non-hydrogen) atoms. The molecule has 1 aliphatic rings. The molecule has 0 aromatic rings. The summed E-state index contributed by atoms with van der Waals surface area (Å²) in [6.07, 6.45) is 5.92. The molecule has 1 nitrogen and oxygen atoms in total. The molecular formula is C9H21N. The fourth-order valence-corrected chi connectivity index (χ4v) is 0.815. The molecule has 0 heterocycles. The zero-order valence-electron chi connectivity index (χ0n) is 7.61. The van der Waals surface area contributed by atoms with Gasteiger partial charge in [-0.05, 0) is 19.5 Å². The Bertz CT molecular complexity index is 55.7. The predicted molar refractivity (Wildman–Crippen MR) is 47.2 cm³/mol. The van der Waals surface area contributed by atoms with Gasteiger partial charge in [-0.1, -0.05) is 39.5 Å².